The third kappa shape index (κ3) is 3.07. The molecule has 15 heavy (non-hydrogen) atoms. The second-order valence-electron chi connectivity index (χ2n) is 3.48. The smallest absolute Gasteiger partial charge is 0.130 e. The quantitative estimate of drug-likeness (QED) is 0.627. The summed E-state index contributed by atoms with van der Waals surface area (Å²) < 4.78 is 5.31. The lowest BCUT2D eigenvalue weighted by atomic mass is 10.1. The first-order chi connectivity index (χ1) is 7.38. The number of anilines is 1. The first-order valence-electron chi connectivity index (χ1n) is 5.09. The van der Waals surface area contributed by atoms with E-state index in [2.05, 4.69) is 15.3 Å². The third-order valence-corrected chi connectivity index (χ3v) is 3.07. The van der Waals surface area contributed by atoms with Gasteiger partial charge in [-0.1, -0.05) is 0 Å². The van der Waals surface area contributed by atoms with Gasteiger partial charge in [-0.15, -0.1) is 11.8 Å². The molecule has 2 rings (SSSR count). The highest BCUT2D eigenvalue weighted by Crippen LogP contribution is 2.17. The predicted molar refractivity (Wildman–Crippen MR) is 61.3 cm³/mol. The molecule has 82 valence electrons. The Balaban J connectivity index is 1.96. The summed E-state index contributed by atoms with van der Waals surface area (Å²) in [7, 11) is 0. The zero-order valence-electron chi connectivity index (χ0n) is 8.77. The van der Waals surface area contributed by atoms with Gasteiger partial charge >= 0.3 is 0 Å². The molecule has 5 heteroatoms. The molecule has 1 aliphatic rings. The van der Waals surface area contributed by atoms with Gasteiger partial charge in [-0.05, 0) is 19.1 Å². The maximum Gasteiger partial charge on any atom is 0.130 e. The number of nitrogens with one attached hydrogen (secondary N) is 1. The van der Waals surface area contributed by atoms with E-state index in [-0.39, 0.29) is 0 Å². The van der Waals surface area contributed by atoms with Gasteiger partial charge in [0.2, 0.25) is 0 Å². The van der Waals surface area contributed by atoms with Crippen molar-refractivity contribution in [1.29, 1.82) is 0 Å². The number of hydrogen-bond donors (Lipinski definition) is 1. The topological polar surface area (TPSA) is 47.0 Å². The van der Waals surface area contributed by atoms with Crippen LogP contribution in [0.5, 0.6) is 0 Å². The van der Waals surface area contributed by atoms with Gasteiger partial charge in [0.1, 0.15) is 17.2 Å². The fraction of sp³-hybridized carbons (Fsp3) is 0.600. The molecule has 0 aliphatic carbocycles. The Morgan fingerprint density at radius 1 is 1.40 bits per heavy atom. The average Bonchev–Trinajstić information content (AvgIpc) is 2.31. The van der Waals surface area contributed by atoms with Gasteiger partial charge in [-0.3, -0.25) is 0 Å². The second kappa shape index (κ2) is 5.32. The lowest BCUT2D eigenvalue weighted by Crippen LogP contribution is -2.28. The van der Waals surface area contributed by atoms with E-state index in [0.717, 1.165) is 36.9 Å². The molecule has 1 aromatic heterocycles. The SMILES string of the molecule is CSc1cc(NC2CCOCC2)ncn1. The summed E-state index contributed by atoms with van der Waals surface area (Å²) in [5.41, 5.74) is 0. The van der Waals surface area contributed by atoms with Crippen molar-refractivity contribution < 1.29 is 4.74 Å². The van der Waals surface area contributed by atoms with Crippen LogP contribution >= 0.6 is 11.8 Å². The average molecular weight is 225 g/mol. The largest absolute Gasteiger partial charge is 0.381 e. The highest BCUT2D eigenvalue weighted by atomic mass is 32.2. The van der Waals surface area contributed by atoms with Crippen LogP contribution in [0.2, 0.25) is 0 Å². The first kappa shape index (κ1) is 10.7. The summed E-state index contributed by atoms with van der Waals surface area (Å²) >= 11 is 1.63. The summed E-state index contributed by atoms with van der Waals surface area (Å²) in [6.45, 7) is 1.69. The van der Waals surface area contributed by atoms with Crippen LogP contribution in [-0.2, 0) is 4.74 Å². The minimum absolute atomic E-state index is 0.489. The fourth-order valence-electron chi connectivity index (χ4n) is 1.58. The normalized spacial score (nSPS) is 17.7. The molecule has 0 radical (unpaired) electrons. The Morgan fingerprint density at radius 2 is 2.20 bits per heavy atom. The van der Waals surface area contributed by atoms with Crippen LogP contribution in [0.25, 0.3) is 0 Å². The van der Waals surface area contributed by atoms with E-state index in [1.807, 2.05) is 12.3 Å². The van der Waals surface area contributed by atoms with Crippen LogP contribution in [-0.4, -0.2) is 35.5 Å². The number of aromatic nitrogens is 2. The Hall–Kier alpha value is -0.810. The fourth-order valence-corrected chi connectivity index (χ4v) is 1.96. The summed E-state index contributed by atoms with van der Waals surface area (Å²) in [4.78, 5) is 8.34. The highest BCUT2D eigenvalue weighted by Gasteiger charge is 2.13. The Labute approximate surface area is 93.8 Å². The Kier molecular flexibility index (Phi) is 3.80. The number of rotatable bonds is 3. The van der Waals surface area contributed by atoms with Crippen molar-refractivity contribution in [3.63, 3.8) is 0 Å². The molecule has 0 aromatic carbocycles. The van der Waals surface area contributed by atoms with E-state index < -0.39 is 0 Å². The van der Waals surface area contributed by atoms with Crippen molar-refractivity contribution in [2.45, 2.75) is 23.9 Å². The lowest BCUT2D eigenvalue weighted by Gasteiger charge is -2.23. The van der Waals surface area contributed by atoms with E-state index in [9.17, 15) is 0 Å². The molecule has 0 saturated carbocycles. The van der Waals surface area contributed by atoms with Gasteiger partial charge in [0, 0.05) is 25.3 Å². The van der Waals surface area contributed by atoms with Gasteiger partial charge in [-0.2, -0.15) is 0 Å². The Morgan fingerprint density at radius 3 is 2.93 bits per heavy atom. The van der Waals surface area contributed by atoms with Crippen LogP contribution in [0.1, 0.15) is 12.8 Å². The number of nitrogens with zero attached hydrogens (tertiary/aromatic N) is 2. The summed E-state index contributed by atoms with van der Waals surface area (Å²) in [6.07, 6.45) is 5.73. The zero-order chi connectivity index (χ0) is 10.5. The molecule has 0 spiro atoms. The Bertz CT molecular complexity index is 315. The highest BCUT2D eigenvalue weighted by molar-refractivity contribution is 7.98. The van der Waals surface area contributed by atoms with Crippen LogP contribution in [0, 0.1) is 0 Å². The molecule has 1 saturated heterocycles. The van der Waals surface area contributed by atoms with Crippen molar-refractivity contribution in [2.24, 2.45) is 0 Å². The number of thioether (sulfide) groups is 1. The maximum atomic E-state index is 5.31. The number of hydrogen-bond acceptors (Lipinski definition) is 5. The summed E-state index contributed by atoms with van der Waals surface area (Å²) in [5, 5.41) is 4.41. The summed E-state index contributed by atoms with van der Waals surface area (Å²) in [6, 6.07) is 2.48. The monoisotopic (exact) mass is 225 g/mol. The molecule has 0 bridgehead atoms. The molecule has 2 heterocycles. The zero-order valence-corrected chi connectivity index (χ0v) is 9.59. The minimum atomic E-state index is 0.489. The van der Waals surface area contributed by atoms with Gasteiger partial charge in [0.05, 0.1) is 0 Å². The molecule has 0 amide bonds. The maximum absolute atomic E-state index is 5.31. The van der Waals surface area contributed by atoms with Crippen molar-refractivity contribution in [1.82, 2.24) is 9.97 Å². The van der Waals surface area contributed by atoms with Crippen molar-refractivity contribution in [3.8, 4) is 0 Å². The van der Waals surface area contributed by atoms with E-state index >= 15 is 0 Å². The van der Waals surface area contributed by atoms with Crippen molar-refractivity contribution >= 4 is 17.6 Å². The lowest BCUT2D eigenvalue weighted by molar-refractivity contribution is 0.0904. The summed E-state index contributed by atoms with van der Waals surface area (Å²) in [5.74, 6) is 0.918. The predicted octanol–water partition coefficient (Wildman–Crippen LogP) is 1.79. The molecule has 1 aromatic rings. The van der Waals surface area contributed by atoms with Crippen molar-refractivity contribution in [2.75, 3.05) is 24.8 Å². The third-order valence-electron chi connectivity index (χ3n) is 2.42. The van der Waals surface area contributed by atoms with Gasteiger partial charge in [0.15, 0.2) is 0 Å². The second-order valence-corrected chi connectivity index (χ2v) is 4.30. The van der Waals surface area contributed by atoms with Crippen molar-refractivity contribution in [3.05, 3.63) is 12.4 Å². The standard InChI is InChI=1S/C10H15N3OS/c1-15-10-6-9(11-7-12-10)13-8-2-4-14-5-3-8/h6-8H,2-5H2,1H3,(H,11,12,13). The van der Waals surface area contributed by atoms with Crippen LogP contribution in [0.4, 0.5) is 5.82 Å². The van der Waals surface area contributed by atoms with Crippen LogP contribution in [0.15, 0.2) is 17.4 Å². The molecule has 4 nitrogen and oxygen atoms in total. The molecule has 1 aliphatic heterocycles. The first-order valence-corrected chi connectivity index (χ1v) is 6.31. The van der Waals surface area contributed by atoms with E-state index in [1.54, 1.807) is 18.1 Å². The van der Waals surface area contributed by atoms with Gasteiger partial charge < -0.3 is 10.1 Å². The molecule has 0 unspecified atom stereocenters. The van der Waals surface area contributed by atoms with Gasteiger partial charge in [0.25, 0.3) is 0 Å². The van der Waals surface area contributed by atoms with E-state index in [1.165, 1.54) is 0 Å². The van der Waals surface area contributed by atoms with E-state index in [0.29, 0.717) is 6.04 Å². The molecular formula is C10H15N3OS. The van der Waals surface area contributed by atoms with E-state index in [4.69, 9.17) is 4.74 Å². The minimum Gasteiger partial charge on any atom is -0.381 e. The molecule has 1 fully saturated rings. The molecule has 0 atom stereocenters. The van der Waals surface area contributed by atoms with Gasteiger partial charge in [-0.25, -0.2) is 9.97 Å². The van der Waals surface area contributed by atoms with Crippen LogP contribution < -0.4 is 5.32 Å². The van der Waals surface area contributed by atoms with Crippen LogP contribution in [0.3, 0.4) is 0 Å². The molecule has 1 N–H and O–H groups in total. The molecular weight excluding hydrogens is 210 g/mol. The number of ether oxygens (including phenoxy) is 1.